The second-order valence-corrected chi connectivity index (χ2v) is 8.61. The van der Waals surface area contributed by atoms with Gasteiger partial charge in [-0.25, -0.2) is 18.4 Å². The van der Waals surface area contributed by atoms with Crippen molar-refractivity contribution in [1.82, 2.24) is 20.1 Å². The Balaban J connectivity index is 0.000000275. The van der Waals surface area contributed by atoms with E-state index in [4.69, 9.17) is 0 Å². The molecule has 3 aromatic carbocycles. The van der Waals surface area contributed by atoms with E-state index in [1.807, 2.05) is 36.7 Å². The van der Waals surface area contributed by atoms with E-state index in [1.54, 1.807) is 24.3 Å². The van der Waals surface area contributed by atoms with Crippen LogP contribution in [0.15, 0.2) is 72.8 Å². The Bertz CT molecular complexity index is 1340. The third-order valence-electron chi connectivity index (χ3n) is 5.48. The van der Waals surface area contributed by atoms with Gasteiger partial charge in [-0.2, -0.15) is 5.10 Å². The molecule has 1 aromatic heterocycles. The van der Waals surface area contributed by atoms with Crippen LogP contribution in [-0.2, 0) is 11.3 Å². The number of halogens is 2. The van der Waals surface area contributed by atoms with E-state index < -0.39 is 0 Å². The fourth-order valence-corrected chi connectivity index (χ4v) is 3.39. The average Bonchev–Trinajstić information content (AvgIpc) is 3.38. The van der Waals surface area contributed by atoms with Crippen LogP contribution in [0.5, 0.6) is 0 Å². The van der Waals surface area contributed by atoms with Crippen LogP contribution in [0.3, 0.4) is 0 Å². The monoisotopic (exact) mass is 530 g/mol. The van der Waals surface area contributed by atoms with Gasteiger partial charge in [0.15, 0.2) is 11.6 Å². The van der Waals surface area contributed by atoms with Crippen LogP contribution in [-0.4, -0.2) is 27.7 Å². The van der Waals surface area contributed by atoms with E-state index in [-0.39, 0.29) is 11.6 Å². The van der Waals surface area contributed by atoms with Crippen molar-refractivity contribution in [2.75, 3.05) is 6.54 Å². The molecule has 0 unspecified atom stereocenters. The maximum atomic E-state index is 13.1. The van der Waals surface area contributed by atoms with Crippen molar-refractivity contribution in [3.8, 4) is 34.6 Å². The van der Waals surface area contributed by atoms with Crippen LogP contribution in [0.2, 0.25) is 0 Å². The zero-order valence-corrected chi connectivity index (χ0v) is 23.0. The fourth-order valence-electron chi connectivity index (χ4n) is 3.39. The van der Waals surface area contributed by atoms with Gasteiger partial charge in [0, 0.05) is 29.8 Å². The second-order valence-electron chi connectivity index (χ2n) is 8.61. The molecule has 0 aliphatic rings. The van der Waals surface area contributed by atoms with E-state index in [0.717, 1.165) is 49.0 Å². The van der Waals surface area contributed by atoms with Crippen LogP contribution in [0.1, 0.15) is 51.2 Å². The molecule has 1 heterocycles. The molecule has 39 heavy (non-hydrogen) atoms. The van der Waals surface area contributed by atoms with Gasteiger partial charge in [-0.3, -0.25) is 4.79 Å². The van der Waals surface area contributed by atoms with Gasteiger partial charge >= 0.3 is 0 Å². The van der Waals surface area contributed by atoms with Crippen molar-refractivity contribution >= 4 is 6.41 Å². The number of hydrogen-bond acceptors (Lipinski definition) is 3. The molecule has 1 amide bonds. The number of aromatic nitrogens is 3. The zero-order valence-electron chi connectivity index (χ0n) is 23.0. The number of benzene rings is 3. The highest BCUT2D eigenvalue weighted by molar-refractivity contribution is 5.61. The summed E-state index contributed by atoms with van der Waals surface area (Å²) in [5.41, 5.74) is 3.94. The number of unbranched alkanes of at least 4 members (excludes halogenated alkanes) is 1. The molecule has 204 valence electrons. The summed E-state index contributed by atoms with van der Waals surface area (Å²) in [4.78, 5) is 14.0. The Morgan fingerprint density at radius 3 is 2.03 bits per heavy atom. The minimum Gasteiger partial charge on any atom is -0.359 e. The molecule has 5 nitrogen and oxygen atoms in total. The van der Waals surface area contributed by atoms with Gasteiger partial charge in [0.2, 0.25) is 6.41 Å². The predicted molar refractivity (Wildman–Crippen MR) is 154 cm³/mol. The van der Waals surface area contributed by atoms with Crippen LogP contribution < -0.4 is 5.32 Å². The summed E-state index contributed by atoms with van der Waals surface area (Å²) >= 11 is 0. The SMILES string of the molecule is CC#Cc1ccccc1C.CCCCn1nc(-c2ccc(F)cc2)nc1-c1ccc(F)cc1.CCCNC=O. The number of nitrogens with zero attached hydrogens (tertiary/aromatic N) is 3. The quantitative estimate of drug-likeness (QED) is 0.149. The minimum absolute atomic E-state index is 0.285. The normalized spacial score (nSPS) is 9.69. The molecule has 0 bridgehead atoms. The summed E-state index contributed by atoms with van der Waals surface area (Å²) in [6.45, 7) is 9.57. The summed E-state index contributed by atoms with van der Waals surface area (Å²) in [6.07, 6.45) is 3.73. The molecular weight excluding hydrogens is 494 g/mol. The first-order chi connectivity index (χ1) is 18.9. The standard InChI is InChI=1S/C18H17F2N3.C10H10.C4H9NO/c1-2-3-12-23-18(14-6-10-16(20)11-7-14)21-17(22-23)13-4-8-15(19)9-5-13;1-3-6-10-8-5-4-7-9(10)2;1-2-3-5-4-6/h4-11H,2-3,12H2,1H3;4-5,7-8H,1-2H3;4H,2-3H2,1H3,(H,5,6). The molecule has 0 atom stereocenters. The van der Waals surface area contributed by atoms with Gasteiger partial charge in [-0.05, 0) is 86.8 Å². The summed E-state index contributed by atoms with van der Waals surface area (Å²) in [7, 11) is 0. The summed E-state index contributed by atoms with van der Waals surface area (Å²) < 4.78 is 28.0. The van der Waals surface area contributed by atoms with Crippen molar-refractivity contribution in [2.45, 2.75) is 53.5 Å². The highest BCUT2D eigenvalue weighted by atomic mass is 19.1. The van der Waals surface area contributed by atoms with E-state index in [2.05, 4.69) is 47.2 Å². The molecule has 0 saturated heterocycles. The van der Waals surface area contributed by atoms with E-state index >= 15 is 0 Å². The van der Waals surface area contributed by atoms with Crippen molar-refractivity contribution < 1.29 is 13.6 Å². The Kier molecular flexibility index (Phi) is 13.7. The lowest BCUT2D eigenvalue weighted by Crippen LogP contribution is -2.10. The Morgan fingerprint density at radius 1 is 0.897 bits per heavy atom. The Morgan fingerprint density at radius 2 is 1.51 bits per heavy atom. The Hall–Kier alpha value is -4.31. The van der Waals surface area contributed by atoms with Crippen LogP contribution in [0, 0.1) is 30.4 Å². The van der Waals surface area contributed by atoms with Gasteiger partial charge in [0.25, 0.3) is 0 Å². The molecule has 0 aliphatic heterocycles. The second kappa shape index (κ2) is 17.2. The van der Waals surface area contributed by atoms with Gasteiger partial charge in [-0.15, -0.1) is 5.92 Å². The largest absolute Gasteiger partial charge is 0.359 e. The highest BCUT2D eigenvalue weighted by Crippen LogP contribution is 2.23. The van der Waals surface area contributed by atoms with E-state index in [1.165, 1.54) is 29.8 Å². The maximum absolute atomic E-state index is 13.1. The fraction of sp³-hybridized carbons (Fsp3) is 0.281. The topological polar surface area (TPSA) is 59.8 Å². The lowest BCUT2D eigenvalue weighted by Gasteiger charge is -2.04. The molecule has 0 fully saturated rings. The first-order valence-corrected chi connectivity index (χ1v) is 13.1. The van der Waals surface area contributed by atoms with Gasteiger partial charge in [0.05, 0.1) is 0 Å². The first-order valence-electron chi connectivity index (χ1n) is 13.1. The molecule has 0 radical (unpaired) electrons. The number of rotatable bonds is 8. The van der Waals surface area contributed by atoms with Crippen LogP contribution in [0.4, 0.5) is 8.78 Å². The number of amides is 1. The third kappa shape index (κ3) is 10.5. The number of carbonyl (C=O) groups is 1. The van der Waals surface area contributed by atoms with E-state index in [0.29, 0.717) is 18.1 Å². The number of aryl methyl sites for hydroxylation is 2. The zero-order chi connectivity index (χ0) is 28.5. The number of carbonyl (C=O) groups excluding carboxylic acids is 1. The highest BCUT2D eigenvalue weighted by Gasteiger charge is 2.13. The molecule has 0 aliphatic carbocycles. The molecule has 4 rings (SSSR count). The average molecular weight is 531 g/mol. The van der Waals surface area contributed by atoms with Gasteiger partial charge in [-0.1, -0.05) is 44.4 Å². The Labute approximate surface area is 230 Å². The maximum Gasteiger partial charge on any atom is 0.207 e. The lowest BCUT2D eigenvalue weighted by atomic mass is 10.1. The molecule has 0 spiro atoms. The van der Waals surface area contributed by atoms with Crippen molar-refractivity contribution in [3.05, 3.63) is 95.6 Å². The molecule has 0 saturated carbocycles. The first kappa shape index (κ1) is 30.9. The number of nitrogens with one attached hydrogen (secondary N) is 1. The molecule has 4 aromatic rings. The van der Waals surface area contributed by atoms with Crippen LogP contribution >= 0.6 is 0 Å². The smallest absolute Gasteiger partial charge is 0.207 e. The summed E-state index contributed by atoms with van der Waals surface area (Å²) in [5, 5.41) is 7.05. The van der Waals surface area contributed by atoms with Crippen LogP contribution in [0.25, 0.3) is 22.8 Å². The lowest BCUT2D eigenvalue weighted by molar-refractivity contribution is -0.109. The third-order valence-corrected chi connectivity index (χ3v) is 5.48. The van der Waals surface area contributed by atoms with Crippen molar-refractivity contribution in [2.24, 2.45) is 0 Å². The van der Waals surface area contributed by atoms with Gasteiger partial charge < -0.3 is 5.32 Å². The summed E-state index contributed by atoms with van der Waals surface area (Å²) in [5.74, 6) is 6.56. The molecular formula is C32H36F2N4O. The minimum atomic E-state index is -0.294. The molecule has 7 heteroatoms. The number of hydrogen-bond donors (Lipinski definition) is 1. The summed E-state index contributed by atoms with van der Waals surface area (Å²) in [6, 6.07) is 20.4. The van der Waals surface area contributed by atoms with Crippen molar-refractivity contribution in [3.63, 3.8) is 0 Å². The molecule has 1 N–H and O–H groups in total. The predicted octanol–water partition coefficient (Wildman–Crippen LogP) is 7.20. The van der Waals surface area contributed by atoms with E-state index in [9.17, 15) is 13.6 Å². The van der Waals surface area contributed by atoms with Crippen molar-refractivity contribution in [1.29, 1.82) is 0 Å². The van der Waals surface area contributed by atoms with Gasteiger partial charge in [0.1, 0.15) is 11.6 Å².